The number of nitrogens with zero attached hydrogens (tertiary/aromatic N) is 1. The predicted octanol–water partition coefficient (Wildman–Crippen LogP) is 9.90. The van der Waals surface area contributed by atoms with Crippen LogP contribution in [0, 0.1) is 5.92 Å². The van der Waals surface area contributed by atoms with Gasteiger partial charge in [0.1, 0.15) is 18.3 Å². The van der Waals surface area contributed by atoms with Crippen molar-refractivity contribution in [1.82, 2.24) is 4.90 Å². The number of carbonyl (C=O) groups is 3. The Balaban J connectivity index is 2.41. The van der Waals surface area contributed by atoms with E-state index in [9.17, 15) is 14.4 Å². The summed E-state index contributed by atoms with van der Waals surface area (Å²) in [6.45, 7) is 20.3. The molecule has 0 saturated carbocycles. The van der Waals surface area contributed by atoms with Crippen molar-refractivity contribution in [3.05, 3.63) is 71.8 Å². The summed E-state index contributed by atoms with van der Waals surface area (Å²) in [6, 6.07) is 18.9. The maximum absolute atomic E-state index is 14.0. The molecule has 0 saturated heterocycles. The lowest BCUT2D eigenvalue weighted by Gasteiger charge is -2.43. The van der Waals surface area contributed by atoms with Gasteiger partial charge in [0.2, 0.25) is 0 Å². The molecule has 280 valence electrons. The first-order valence-electron chi connectivity index (χ1n) is 18.4. The van der Waals surface area contributed by atoms with Gasteiger partial charge in [0.25, 0.3) is 0 Å². The number of esters is 2. The van der Waals surface area contributed by atoms with Gasteiger partial charge in [0.05, 0.1) is 24.5 Å². The lowest BCUT2D eigenvalue weighted by atomic mass is 9.97. The first-order valence-corrected chi connectivity index (χ1v) is 21.3. The quantitative estimate of drug-likeness (QED) is 0.0620. The van der Waals surface area contributed by atoms with Crippen LogP contribution in [0.25, 0.3) is 0 Å². The summed E-state index contributed by atoms with van der Waals surface area (Å²) in [5.41, 5.74) is 1.20. The first-order chi connectivity index (χ1) is 23.3. The number of rotatable bonds is 19. The summed E-state index contributed by atoms with van der Waals surface area (Å²) < 4.78 is 24.7. The molecule has 0 bridgehead atoms. The van der Waals surface area contributed by atoms with E-state index in [0.29, 0.717) is 12.8 Å². The van der Waals surface area contributed by atoms with Gasteiger partial charge < -0.3 is 23.5 Å². The molecule has 0 heterocycles. The van der Waals surface area contributed by atoms with Crippen molar-refractivity contribution >= 4 is 26.3 Å². The van der Waals surface area contributed by atoms with E-state index in [-0.39, 0.29) is 18.1 Å². The van der Waals surface area contributed by atoms with Gasteiger partial charge in [0.15, 0.2) is 8.32 Å². The van der Waals surface area contributed by atoms with Crippen molar-refractivity contribution < 1.29 is 33.0 Å². The van der Waals surface area contributed by atoms with Gasteiger partial charge in [-0.25, -0.2) is 4.79 Å². The summed E-state index contributed by atoms with van der Waals surface area (Å²) in [5.74, 6) is -1.52. The Bertz CT molecular complexity index is 1300. The summed E-state index contributed by atoms with van der Waals surface area (Å²) in [6.07, 6.45) is 4.25. The molecule has 0 aliphatic carbocycles. The Morgan fingerprint density at radius 1 is 0.800 bits per heavy atom. The Hall–Kier alpha value is -3.17. The highest BCUT2D eigenvalue weighted by molar-refractivity contribution is 6.74. The van der Waals surface area contributed by atoms with Gasteiger partial charge in [-0.05, 0) is 76.2 Å². The maximum atomic E-state index is 14.0. The second-order valence-corrected chi connectivity index (χ2v) is 20.8. The molecule has 1 amide bonds. The first kappa shape index (κ1) is 43.0. The molecule has 9 heteroatoms. The molecule has 0 spiro atoms. The highest BCUT2D eigenvalue weighted by atomic mass is 28.4. The van der Waals surface area contributed by atoms with Crippen molar-refractivity contribution in [2.24, 2.45) is 5.92 Å². The third-order valence-corrected chi connectivity index (χ3v) is 14.0. The van der Waals surface area contributed by atoms with Gasteiger partial charge in [-0.2, -0.15) is 0 Å². The Labute approximate surface area is 303 Å². The molecular formula is C41H65NO7Si. The van der Waals surface area contributed by atoms with E-state index in [1.54, 1.807) is 18.9 Å². The van der Waals surface area contributed by atoms with Crippen LogP contribution in [0.5, 0.6) is 0 Å². The Morgan fingerprint density at radius 3 is 1.90 bits per heavy atom. The zero-order valence-corrected chi connectivity index (χ0v) is 33.8. The standard InChI is InChI=1S/C41H65NO7Si/c1-12-13-14-15-22-27-35(31(2)38(44)46-30-33-25-20-17-21-26-33)47-37(43)29-36(49-50(10,11)41(6,7)8)34(28-32-23-18-16-19-24-32)42(9)39(45)48-40(3,4)5/h16-21,23-26,31,34-36H,12-15,22,27-30H2,1-11H3/t31-,34-,35+,36+/m0/s1. The van der Waals surface area contributed by atoms with Gasteiger partial charge in [-0.3, -0.25) is 9.59 Å². The van der Waals surface area contributed by atoms with Gasteiger partial charge in [-0.15, -0.1) is 0 Å². The monoisotopic (exact) mass is 711 g/mol. The van der Waals surface area contributed by atoms with Crippen LogP contribution in [0.1, 0.15) is 111 Å². The van der Waals surface area contributed by atoms with Crippen LogP contribution in [0.2, 0.25) is 18.1 Å². The fraction of sp³-hybridized carbons (Fsp3) is 0.634. The van der Waals surface area contributed by atoms with Gasteiger partial charge in [-0.1, -0.05) is 114 Å². The van der Waals surface area contributed by atoms with E-state index in [1.165, 1.54) is 0 Å². The number of benzene rings is 2. The normalized spacial score (nSPS) is 14.6. The second-order valence-electron chi connectivity index (χ2n) is 16.1. The number of hydrogen-bond donors (Lipinski definition) is 0. The number of likely N-dealkylation sites (N-methyl/N-ethyl adjacent to an activating group) is 1. The summed E-state index contributed by atoms with van der Waals surface area (Å²) in [5, 5.41) is -0.158. The highest BCUT2D eigenvalue weighted by Gasteiger charge is 2.44. The smallest absolute Gasteiger partial charge is 0.410 e. The molecule has 0 fully saturated rings. The molecule has 4 atom stereocenters. The minimum atomic E-state index is -2.46. The zero-order chi connectivity index (χ0) is 37.5. The SMILES string of the molecule is CCCCCCC[C@@H](OC(=O)C[C@@H](O[Si](C)(C)C(C)(C)C)[C@H](Cc1ccccc1)N(C)C(=O)OC(C)(C)C)[C@H](C)C(=O)OCc1ccccc1. The molecular weight excluding hydrogens is 647 g/mol. The van der Waals surface area contributed by atoms with Gasteiger partial charge in [0, 0.05) is 7.05 Å². The van der Waals surface area contributed by atoms with E-state index in [2.05, 4.69) is 40.8 Å². The highest BCUT2D eigenvalue weighted by Crippen LogP contribution is 2.39. The van der Waals surface area contributed by atoms with Crippen molar-refractivity contribution in [2.75, 3.05) is 7.05 Å². The minimum absolute atomic E-state index is 0.0880. The average molecular weight is 712 g/mol. The molecule has 0 aromatic heterocycles. The lowest BCUT2D eigenvalue weighted by Crippen LogP contribution is -2.54. The number of ether oxygens (including phenoxy) is 3. The summed E-state index contributed by atoms with van der Waals surface area (Å²) in [4.78, 5) is 42.4. The Morgan fingerprint density at radius 2 is 1.36 bits per heavy atom. The lowest BCUT2D eigenvalue weighted by molar-refractivity contribution is -0.164. The van der Waals surface area contributed by atoms with Crippen molar-refractivity contribution in [1.29, 1.82) is 0 Å². The molecule has 2 aromatic carbocycles. The molecule has 2 aromatic rings. The number of amides is 1. The third kappa shape index (κ3) is 15.0. The molecule has 0 N–H and O–H groups in total. The van der Waals surface area contributed by atoms with Crippen molar-refractivity contribution in [2.45, 2.75) is 155 Å². The van der Waals surface area contributed by atoms with Crippen LogP contribution < -0.4 is 0 Å². The van der Waals surface area contributed by atoms with Crippen LogP contribution in [0.3, 0.4) is 0 Å². The number of carbonyl (C=O) groups excluding carboxylic acids is 3. The molecule has 2 rings (SSSR count). The molecule has 0 aliphatic rings. The van der Waals surface area contributed by atoms with E-state index in [1.807, 2.05) is 81.4 Å². The average Bonchev–Trinajstić information content (AvgIpc) is 3.04. The fourth-order valence-electron chi connectivity index (χ4n) is 5.41. The minimum Gasteiger partial charge on any atom is -0.461 e. The molecule has 0 unspecified atom stereocenters. The molecule has 0 aliphatic heterocycles. The fourth-order valence-corrected chi connectivity index (χ4v) is 6.76. The largest absolute Gasteiger partial charge is 0.461 e. The van der Waals surface area contributed by atoms with E-state index >= 15 is 0 Å². The number of hydrogen-bond acceptors (Lipinski definition) is 7. The predicted molar refractivity (Wildman–Crippen MR) is 203 cm³/mol. The van der Waals surface area contributed by atoms with Crippen LogP contribution in [0.15, 0.2) is 60.7 Å². The molecule has 0 radical (unpaired) electrons. The number of unbranched alkanes of at least 4 members (excludes halogenated alkanes) is 4. The third-order valence-electron chi connectivity index (χ3n) is 9.54. The van der Waals surface area contributed by atoms with Crippen LogP contribution in [-0.2, 0) is 41.3 Å². The topological polar surface area (TPSA) is 91.4 Å². The van der Waals surface area contributed by atoms with E-state index in [4.69, 9.17) is 18.6 Å². The maximum Gasteiger partial charge on any atom is 0.410 e. The van der Waals surface area contributed by atoms with Crippen molar-refractivity contribution in [3.8, 4) is 0 Å². The van der Waals surface area contributed by atoms with Crippen molar-refractivity contribution in [3.63, 3.8) is 0 Å². The van der Waals surface area contributed by atoms with Gasteiger partial charge >= 0.3 is 18.0 Å². The van der Waals surface area contributed by atoms with Crippen LogP contribution in [-0.4, -0.2) is 62.1 Å². The van der Waals surface area contributed by atoms with E-state index in [0.717, 1.165) is 43.2 Å². The van der Waals surface area contributed by atoms with Crippen LogP contribution >= 0.6 is 0 Å². The molecule has 8 nitrogen and oxygen atoms in total. The van der Waals surface area contributed by atoms with E-state index < -0.39 is 56.1 Å². The molecule has 50 heavy (non-hydrogen) atoms. The summed E-state index contributed by atoms with van der Waals surface area (Å²) in [7, 11) is -0.752. The Kier molecular flexibility index (Phi) is 17.2. The van der Waals surface area contributed by atoms with Crippen LogP contribution in [0.4, 0.5) is 4.79 Å². The zero-order valence-electron chi connectivity index (χ0n) is 32.8. The summed E-state index contributed by atoms with van der Waals surface area (Å²) >= 11 is 0. The second kappa shape index (κ2) is 20.0.